The predicted octanol–water partition coefficient (Wildman–Crippen LogP) is 4.49. The standard InChI is InChI=1S/C18H24O2/c1-5-13-18(14-6-2,17(19)20-7-3)15(4)16-11-9-8-10-12-16/h5-6,8-12,15H,1-2,7,13-14H2,3-4H3. The van der Waals surface area contributed by atoms with Crippen molar-refractivity contribution in [3.8, 4) is 0 Å². The van der Waals surface area contributed by atoms with Gasteiger partial charge in [0, 0.05) is 0 Å². The lowest BCUT2D eigenvalue weighted by molar-refractivity contribution is -0.156. The van der Waals surface area contributed by atoms with Crippen molar-refractivity contribution in [3.05, 3.63) is 61.2 Å². The molecule has 0 radical (unpaired) electrons. The van der Waals surface area contributed by atoms with Gasteiger partial charge in [0.1, 0.15) is 0 Å². The largest absolute Gasteiger partial charge is 0.466 e. The van der Waals surface area contributed by atoms with Crippen LogP contribution >= 0.6 is 0 Å². The summed E-state index contributed by atoms with van der Waals surface area (Å²) in [7, 11) is 0. The van der Waals surface area contributed by atoms with Gasteiger partial charge in [-0.15, -0.1) is 13.2 Å². The molecule has 0 N–H and O–H groups in total. The van der Waals surface area contributed by atoms with Gasteiger partial charge in [0.25, 0.3) is 0 Å². The highest BCUT2D eigenvalue weighted by Crippen LogP contribution is 2.43. The molecule has 0 aliphatic heterocycles. The van der Waals surface area contributed by atoms with E-state index in [4.69, 9.17) is 4.74 Å². The van der Waals surface area contributed by atoms with Crippen LogP contribution < -0.4 is 0 Å². The van der Waals surface area contributed by atoms with Crippen molar-refractivity contribution in [1.29, 1.82) is 0 Å². The Morgan fingerprint density at radius 2 is 1.80 bits per heavy atom. The number of carbonyl (C=O) groups is 1. The SMILES string of the molecule is C=CCC(CC=C)(C(=O)OCC)C(C)c1ccccc1. The number of hydrogen-bond acceptors (Lipinski definition) is 2. The third kappa shape index (κ3) is 3.38. The second-order valence-electron chi connectivity index (χ2n) is 4.99. The van der Waals surface area contributed by atoms with Gasteiger partial charge in [-0.3, -0.25) is 4.79 Å². The van der Waals surface area contributed by atoms with E-state index >= 15 is 0 Å². The fourth-order valence-electron chi connectivity index (χ4n) is 2.63. The number of ether oxygens (including phenoxy) is 1. The van der Waals surface area contributed by atoms with Crippen LogP contribution in [0.1, 0.15) is 38.2 Å². The summed E-state index contributed by atoms with van der Waals surface area (Å²) in [5.74, 6) is -0.130. The molecule has 0 heterocycles. The van der Waals surface area contributed by atoms with Crippen molar-refractivity contribution in [3.63, 3.8) is 0 Å². The highest BCUT2D eigenvalue weighted by Gasteiger charge is 2.43. The van der Waals surface area contributed by atoms with E-state index in [0.717, 1.165) is 5.56 Å². The zero-order valence-electron chi connectivity index (χ0n) is 12.5. The molecular formula is C18H24O2. The van der Waals surface area contributed by atoms with E-state index in [2.05, 4.69) is 20.1 Å². The fraction of sp³-hybridized carbons (Fsp3) is 0.389. The van der Waals surface area contributed by atoms with Crippen LogP contribution in [0.3, 0.4) is 0 Å². The zero-order valence-corrected chi connectivity index (χ0v) is 12.5. The number of esters is 1. The average molecular weight is 272 g/mol. The first-order valence-electron chi connectivity index (χ1n) is 7.06. The van der Waals surface area contributed by atoms with Crippen molar-refractivity contribution >= 4 is 5.97 Å². The van der Waals surface area contributed by atoms with Gasteiger partial charge in [-0.2, -0.15) is 0 Å². The summed E-state index contributed by atoms with van der Waals surface area (Å²) < 4.78 is 5.32. The first-order chi connectivity index (χ1) is 9.62. The molecule has 0 amide bonds. The molecule has 1 unspecified atom stereocenters. The maximum absolute atomic E-state index is 12.5. The van der Waals surface area contributed by atoms with Crippen molar-refractivity contribution in [2.45, 2.75) is 32.6 Å². The Bertz CT molecular complexity index is 438. The summed E-state index contributed by atoms with van der Waals surface area (Å²) >= 11 is 0. The summed E-state index contributed by atoms with van der Waals surface area (Å²) in [6.45, 7) is 11.9. The summed E-state index contributed by atoms with van der Waals surface area (Å²) in [5.41, 5.74) is 0.505. The van der Waals surface area contributed by atoms with E-state index in [1.807, 2.05) is 37.3 Å². The average Bonchev–Trinajstić information content (AvgIpc) is 2.47. The summed E-state index contributed by atoms with van der Waals surface area (Å²) in [4.78, 5) is 12.5. The number of carbonyl (C=O) groups excluding carboxylic acids is 1. The predicted molar refractivity (Wildman–Crippen MR) is 83.6 cm³/mol. The Balaban J connectivity index is 3.22. The van der Waals surface area contributed by atoms with Gasteiger partial charge in [-0.05, 0) is 31.2 Å². The van der Waals surface area contributed by atoms with Crippen LogP contribution in [0.2, 0.25) is 0 Å². The number of rotatable bonds is 8. The first-order valence-corrected chi connectivity index (χ1v) is 7.06. The van der Waals surface area contributed by atoms with Gasteiger partial charge in [-0.1, -0.05) is 49.4 Å². The first kappa shape index (κ1) is 16.2. The molecule has 1 atom stereocenters. The molecule has 0 saturated heterocycles. The third-order valence-electron chi connectivity index (χ3n) is 3.83. The van der Waals surface area contributed by atoms with Crippen molar-refractivity contribution in [1.82, 2.24) is 0 Å². The molecule has 0 saturated carbocycles. The minimum Gasteiger partial charge on any atom is -0.466 e. The fourth-order valence-corrected chi connectivity index (χ4v) is 2.63. The summed E-state index contributed by atoms with van der Waals surface area (Å²) in [6.07, 6.45) is 4.74. The monoisotopic (exact) mass is 272 g/mol. The molecule has 0 aliphatic carbocycles. The Kier molecular flexibility index (Phi) is 6.23. The maximum atomic E-state index is 12.5. The van der Waals surface area contributed by atoms with Crippen molar-refractivity contribution in [2.24, 2.45) is 5.41 Å². The molecule has 1 aromatic carbocycles. The van der Waals surface area contributed by atoms with E-state index in [9.17, 15) is 4.79 Å². The number of allylic oxidation sites excluding steroid dienone is 2. The normalized spacial score (nSPS) is 12.5. The number of hydrogen-bond donors (Lipinski definition) is 0. The highest BCUT2D eigenvalue weighted by atomic mass is 16.5. The van der Waals surface area contributed by atoms with Gasteiger partial charge in [-0.25, -0.2) is 0 Å². The van der Waals surface area contributed by atoms with Gasteiger partial charge in [0.05, 0.1) is 12.0 Å². The minimum absolute atomic E-state index is 0.0405. The van der Waals surface area contributed by atoms with Gasteiger partial charge in [0.15, 0.2) is 0 Å². The Morgan fingerprint density at radius 1 is 1.25 bits per heavy atom. The van der Waals surface area contributed by atoms with E-state index in [1.165, 1.54) is 0 Å². The molecule has 1 rings (SSSR count). The van der Waals surface area contributed by atoms with Gasteiger partial charge < -0.3 is 4.74 Å². The van der Waals surface area contributed by atoms with Crippen LogP contribution in [0.15, 0.2) is 55.6 Å². The highest BCUT2D eigenvalue weighted by molar-refractivity contribution is 5.78. The number of benzene rings is 1. The second-order valence-corrected chi connectivity index (χ2v) is 4.99. The molecule has 0 bridgehead atoms. The van der Waals surface area contributed by atoms with Gasteiger partial charge in [0.2, 0.25) is 0 Å². The van der Waals surface area contributed by atoms with Crippen LogP contribution in [-0.2, 0) is 9.53 Å². The Morgan fingerprint density at radius 3 is 2.25 bits per heavy atom. The van der Waals surface area contributed by atoms with Crippen LogP contribution in [0, 0.1) is 5.41 Å². The van der Waals surface area contributed by atoms with Crippen LogP contribution in [0.5, 0.6) is 0 Å². The lowest BCUT2D eigenvalue weighted by Crippen LogP contribution is -2.37. The molecule has 20 heavy (non-hydrogen) atoms. The third-order valence-corrected chi connectivity index (χ3v) is 3.83. The van der Waals surface area contributed by atoms with E-state index in [-0.39, 0.29) is 11.9 Å². The second kappa shape index (κ2) is 7.68. The molecule has 0 aliphatic rings. The zero-order chi connectivity index (χ0) is 15.0. The Labute approximate surface area is 122 Å². The maximum Gasteiger partial charge on any atom is 0.313 e. The smallest absolute Gasteiger partial charge is 0.313 e. The topological polar surface area (TPSA) is 26.3 Å². The van der Waals surface area contributed by atoms with E-state index in [1.54, 1.807) is 12.2 Å². The molecule has 2 heteroatoms. The molecule has 108 valence electrons. The van der Waals surface area contributed by atoms with Crippen molar-refractivity contribution < 1.29 is 9.53 Å². The minimum atomic E-state index is -0.624. The summed E-state index contributed by atoms with van der Waals surface area (Å²) in [5, 5.41) is 0. The quantitative estimate of drug-likeness (QED) is 0.515. The molecule has 0 fully saturated rings. The van der Waals surface area contributed by atoms with E-state index < -0.39 is 5.41 Å². The molecule has 2 nitrogen and oxygen atoms in total. The molecule has 1 aromatic rings. The molecule has 0 spiro atoms. The van der Waals surface area contributed by atoms with E-state index in [0.29, 0.717) is 19.4 Å². The molecular weight excluding hydrogens is 248 g/mol. The Hall–Kier alpha value is -1.83. The van der Waals surface area contributed by atoms with Crippen LogP contribution in [0.25, 0.3) is 0 Å². The molecule has 0 aromatic heterocycles. The van der Waals surface area contributed by atoms with Crippen LogP contribution in [-0.4, -0.2) is 12.6 Å². The van der Waals surface area contributed by atoms with Crippen molar-refractivity contribution in [2.75, 3.05) is 6.61 Å². The summed E-state index contributed by atoms with van der Waals surface area (Å²) in [6, 6.07) is 10.0. The lowest BCUT2D eigenvalue weighted by Gasteiger charge is -2.35. The lowest BCUT2D eigenvalue weighted by atomic mass is 9.68. The van der Waals surface area contributed by atoms with Gasteiger partial charge >= 0.3 is 5.97 Å². The van der Waals surface area contributed by atoms with Crippen LogP contribution in [0.4, 0.5) is 0 Å².